The predicted octanol–water partition coefficient (Wildman–Crippen LogP) is 5.09. The molecule has 1 aliphatic heterocycles. The fourth-order valence-electron chi connectivity index (χ4n) is 4.04. The van der Waals surface area contributed by atoms with Gasteiger partial charge in [-0.25, -0.2) is 4.68 Å². The van der Waals surface area contributed by atoms with E-state index in [1.54, 1.807) is 4.68 Å². The molecule has 0 aliphatic carbocycles. The first-order chi connectivity index (χ1) is 16.6. The van der Waals surface area contributed by atoms with Gasteiger partial charge < -0.3 is 15.4 Å². The molecular weight excluding hydrogens is 426 g/mol. The molecule has 0 saturated heterocycles. The number of carbonyl (C=O) groups excluding carboxylic acids is 1. The van der Waals surface area contributed by atoms with Crippen LogP contribution >= 0.6 is 0 Å². The molecule has 5 rings (SSSR count). The summed E-state index contributed by atoms with van der Waals surface area (Å²) in [6.45, 7) is 4.40. The summed E-state index contributed by atoms with van der Waals surface area (Å²) in [5, 5.41) is 10.6. The molecule has 0 radical (unpaired) electrons. The van der Waals surface area contributed by atoms with Gasteiger partial charge in [-0.3, -0.25) is 4.79 Å². The van der Waals surface area contributed by atoms with Crippen molar-refractivity contribution >= 4 is 17.5 Å². The minimum absolute atomic E-state index is 0.201. The van der Waals surface area contributed by atoms with Gasteiger partial charge in [-0.1, -0.05) is 60.2 Å². The number of hydrogen-bond acceptors (Lipinski definition) is 5. The number of carbonyl (C=O) groups is 1. The van der Waals surface area contributed by atoms with Crippen LogP contribution in [0.15, 0.2) is 96.5 Å². The Hall–Kier alpha value is -4.39. The monoisotopic (exact) mass is 451 g/mol. The van der Waals surface area contributed by atoms with E-state index in [9.17, 15) is 4.79 Å². The second-order valence-corrected chi connectivity index (χ2v) is 8.26. The van der Waals surface area contributed by atoms with Crippen LogP contribution in [0.2, 0.25) is 0 Å². The van der Waals surface area contributed by atoms with Crippen molar-refractivity contribution in [3.63, 3.8) is 0 Å². The average Bonchev–Trinajstić information content (AvgIpc) is 3.31. The molecule has 3 aromatic carbocycles. The normalized spacial score (nSPS) is 14.8. The van der Waals surface area contributed by atoms with Crippen molar-refractivity contribution in [3.05, 3.63) is 113 Å². The highest BCUT2D eigenvalue weighted by atomic mass is 16.5. The molecule has 2 heterocycles. The Morgan fingerprint density at radius 2 is 1.82 bits per heavy atom. The van der Waals surface area contributed by atoms with Crippen LogP contribution < -0.4 is 15.4 Å². The summed E-state index contributed by atoms with van der Waals surface area (Å²) in [7, 11) is 0. The minimum atomic E-state index is -0.453. The fraction of sp³-hybridized carbons (Fsp3) is 0.148. The Bertz CT molecular complexity index is 1340. The number of rotatable bonds is 6. The third-order valence-corrected chi connectivity index (χ3v) is 5.77. The summed E-state index contributed by atoms with van der Waals surface area (Å²) in [6.07, 6.45) is 1.48. The Labute approximate surface area is 198 Å². The molecule has 0 bridgehead atoms. The molecule has 0 unspecified atom stereocenters. The van der Waals surface area contributed by atoms with Crippen LogP contribution in [0.3, 0.4) is 0 Å². The molecule has 2 N–H and O–H groups in total. The Balaban J connectivity index is 1.45. The van der Waals surface area contributed by atoms with Crippen molar-refractivity contribution in [2.45, 2.75) is 26.5 Å². The van der Waals surface area contributed by atoms with Gasteiger partial charge in [-0.15, -0.1) is 0 Å². The average molecular weight is 452 g/mol. The highest BCUT2D eigenvalue weighted by Gasteiger charge is 2.33. The van der Waals surface area contributed by atoms with Crippen molar-refractivity contribution in [2.24, 2.45) is 0 Å². The largest absolute Gasteiger partial charge is 0.489 e. The van der Waals surface area contributed by atoms with E-state index in [1.807, 2.05) is 61.5 Å². The van der Waals surface area contributed by atoms with Crippen molar-refractivity contribution < 1.29 is 9.53 Å². The summed E-state index contributed by atoms with van der Waals surface area (Å²) in [5.41, 5.74) is 5.21. The molecule has 7 heteroatoms. The van der Waals surface area contributed by atoms with E-state index in [-0.39, 0.29) is 5.91 Å². The number of hydrogen-bond donors (Lipinski definition) is 2. The van der Waals surface area contributed by atoms with Gasteiger partial charge in [-0.05, 0) is 49.2 Å². The van der Waals surface area contributed by atoms with E-state index in [1.165, 1.54) is 11.9 Å². The quantitative estimate of drug-likeness (QED) is 0.427. The molecule has 4 aromatic rings. The smallest absolute Gasteiger partial charge is 0.255 e. The van der Waals surface area contributed by atoms with Gasteiger partial charge in [0.25, 0.3) is 5.91 Å². The van der Waals surface area contributed by atoms with E-state index >= 15 is 0 Å². The lowest BCUT2D eigenvalue weighted by molar-refractivity contribution is -0.113. The highest BCUT2D eigenvalue weighted by molar-refractivity contribution is 6.06. The molecule has 1 aromatic heterocycles. The lowest BCUT2D eigenvalue weighted by atomic mass is 9.95. The van der Waals surface area contributed by atoms with Crippen LogP contribution in [0.5, 0.6) is 5.75 Å². The fourth-order valence-corrected chi connectivity index (χ4v) is 4.04. The van der Waals surface area contributed by atoms with Crippen molar-refractivity contribution in [1.29, 1.82) is 0 Å². The van der Waals surface area contributed by atoms with Crippen LogP contribution in [0.4, 0.5) is 11.6 Å². The maximum absolute atomic E-state index is 13.4. The molecule has 1 aliphatic rings. The zero-order valence-corrected chi connectivity index (χ0v) is 19.0. The van der Waals surface area contributed by atoms with Crippen molar-refractivity contribution in [1.82, 2.24) is 14.8 Å². The Morgan fingerprint density at radius 3 is 2.62 bits per heavy atom. The number of benzene rings is 3. The number of aromatic nitrogens is 3. The van der Waals surface area contributed by atoms with Crippen LogP contribution in [0.25, 0.3) is 0 Å². The molecule has 7 nitrogen and oxygen atoms in total. The molecule has 170 valence electrons. The van der Waals surface area contributed by atoms with Crippen LogP contribution in [-0.4, -0.2) is 20.7 Å². The van der Waals surface area contributed by atoms with Crippen LogP contribution in [0, 0.1) is 6.92 Å². The summed E-state index contributed by atoms with van der Waals surface area (Å²) < 4.78 is 7.80. The van der Waals surface area contributed by atoms with Gasteiger partial charge in [0.15, 0.2) is 0 Å². The third-order valence-electron chi connectivity index (χ3n) is 5.77. The lowest BCUT2D eigenvalue weighted by Gasteiger charge is -2.29. The number of ether oxygens (including phenoxy) is 1. The Kier molecular flexibility index (Phi) is 5.82. The maximum atomic E-state index is 13.4. The van der Waals surface area contributed by atoms with Gasteiger partial charge >= 0.3 is 0 Å². The number of amides is 1. The first-order valence-corrected chi connectivity index (χ1v) is 11.1. The second-order valence-electron chi connectivity index (χ2n) is 8.26. The molecule has 0 saturated carbocycles. The van der Waals surface area contributed by atoms with Crippen LogP contribution in [-0.2, 0) is 11.4 Å². The molecule has 34 heavy (non-hydrogen) atoms. The SMILES string of the molecule is CC1=C(C(=O)Nc2ccccc2)[C@H](c2cccc(OCc3ccc(C)cc3)c2)n2ncnc2N1. The molecule has 0 spiro atoms. The topological polar surface area (TPSA) is 81.1 Å². The molecule has 1 amide bonds. The van der Waals surface area contributed by atoms with E-state index < -0.39 is 6.04 Å². The summed E-state index contributed by atoms with van der Waals surface area (Å²) in [5.74, 6) is 1.11. The van der Waals surface area contributed by atoms with Gasteiger partial charge in [-0.2, -0.15) is 10.1 Å². The van der Waals surface area contributed by atoms with Gasteiger partial charge in [0.2, 0.25) is 5.95 Å². The van der Waals surface area contributed by atoms with Gasteiger partial charge in [0.1, 0.15) is 24.7 Å². The first kappa shape index (κ1) is 21.5. The number of allylic oxidation sites excluding steroid dienone is 1. The third kappa shape index (κ3) is 4.41. The van der Waals surface area contributed by atoms with E-state index in [0.29, 0.717) is 18.1 Å². The number of anilines is 2. The van der Waals surface area contributed by atoms with Crippen molar-refractivity contribution in [2.75, 3.05) is 10.6 Å². The predicted molar refractivity (Wildman–Crippen MR) is 132 cm³/mol. The van der Waals surface area contributed by atoms with E-state index in [2.05, 4.69) is 51.9 Å². The number of nitrogens with zero attached hydrogens (tertiary/aromatic N) is 3. The standard InChI is InChI=1S/C27H25N5O2/c1-18-11-13-20(14-12-18)16-34-23-10-6-7-21(15-23)25-24(19(2)30-27-28-17-29-32(25)27)26(33)31-22-8-4-3-5-9-22/h3-15,17,25H,16H2,1-2H3,(H,31,33)(H,28,29,30)/t25-/m0/s1. The summed E-state index contributed by atoms with van der Waals surface area (Å²) in [6, 6.07) is 25.0. The molecule has 0 fully saturated rings. The zero-order valence-electron chi connectivity index (χ0n) is 19.0. The van der Waals surface area contributed by atoms with Crippen LogP contribution in [0.1, 0.15) is 29.7 Å². The molecule has 1 atom stereocenters. The number of aryl methyl sites for hydroxylation is 1. The highest BCUT2D eigenvalue weighted by Crippen LogP contribution is 2.36. The second kappa shape index (κ2) is 9.23. The van der Waals surface area contributed by atoms with E-state index in [4.69, 9.17) is 4.74 Å². The maximum Gasteiger partial charge on any atom is 0.255 e. The lowest BCUT2D eigenvalue weighted by Crippen LogP contribution is -2.31. The first-order valence-electron chi connectivity index (χ1n) is 11.1. The summed E-state index contributed by atoms with van der Waals surface area (Å²) >= 11 is 0. The zero-order chi connectivity index (χ0) is 23.5. The number of fused-ring (bicyclic) bond motifs is 1. The van der Waals surface area contributed by atoms with Gasteiger partial charge in [0.05, 0.1) is 5.57 Å². The van der Waals surface area contributed by atoms with Gasteiger partial charge in [0, 0.05) is 11.4 Å². The van der Waals surface area contributed by atoms with Crippen molar-refractivity contribution in [3.8, 4) is 5.75 Å². The number of para-hydroxylation sites is 1. The minimum Gasteiger partial charge on any atom is -0.489 e. The Morgan fingerprint density at radius 1 is 1.03 bits per heavy atom. The summed E-state index contributed by atoms with van der Waals surface area (Å²) in [4.78, 5) is 17.7. The molecular formula is C27H25N5O2. The number of nitrogens with one attached hydrogen (secondary N) is 2. The van der Waals surface area contributed by atoms with E-state index in [0.717, 1.165) is 28.3 Å².